The van der Waals surface area contributed by atoms with E-state index in [-0.39, 0.29) is 130 Å². The number of hydrogen-bond donors (Lipinski definition) is 8. The fourth-order valence-electron chi connectivity index (χ4n) is 13.2. The molecular formula is C64H66N14O18S5. The molecule has 32 nitrogen and oxygen atoms in total. The van der Waals surface area contributed by atoms with Gasteiger partial charge >= 0.3 is 11.9 Å². The highest BCUT2D eigenvalue weighted by Gasteiger charge is 2.54. The highest BCUT2D eigenvalue weighted by atomic mass is 32.1. The smallest absolute Gasteiger partial charge is 0.358 e. The molecular weight excluding hydrogens is 1410 g/mol. The lowest BCUT2D eigenvalue weighted by Gasteiger charge is -2.45. The number of fused-ring (bicyclic) bond motifs is 16. The second-order valence-corrected chi connectivity index (χ2v) is 29.3. The van der Waals surface area contributed by atoms with Gasteiger partial charge in [0.05, 0.1) is 56.4 Å². The molecule has 13 heterocycles. The van der Waals surface area contributed by atoms with Crippen LogP contribution in [0.5, 0.6) is 5.75 Å². The summed E-state index contributed by atoms with van der Waals surface area (Å²) in [6.45, 7) is 7.45. The Morgan fingerprint density at radius 1 is 0.822 bits per heavy atom. The number of cyclic esters (lactones) is 2. The van der Waals surface area contributed by atoms with Crippen LogP contribution in [0.25, 0.3) is 49.3 Å². The van der Waals surface area contributed by atoms with Gasteiger partial charge in [-0.15, -0.1) is 56.7 Å². The van der Waals surface area contributed by atoms with Gasteiger partial charge in [0.25, 0.3) is 23.6 Å². The van der Waals surface area contributed by atoms with Crippen molar-refractivity contribution < 1.29 is 87.2 Å². The van der Waals surface area contributed by atoms with Crippen molar-refractivity contribution in [3.05, 3.63) is 112 Å². The summed E-state index contributed by atoms with van der Waals surface area (Å²) < 4.78 is 45.1. The molecule has 12 bridgehead atoms. The van der Waals surface area contributed by atoms with Crippen molar-refractivity contribution in [3.63, 3.8) is 0 Å². The van der Waals surface area contributed by atoms with Gasteiger partial charge in [-0.1, -0.05) is 12.1 Å². The molecule has 3 fully saturated rings. The van der Waals surface area contributed by atoms with Gasteiger partial charge in [0, 0.05) is 82.6 Å². The van der Waals surface area contributed by atoms with Crippen LogP contribution in [-0.2, 0) is 56.0 Å². The number of aromatic hydroxyl groups is 1. The van der Waals surface area contributed by atoms with Crippen LogP contribution < -0.4 is 21.3 Å². The highest BCUT2D eigenvalue weighted by molar-refractivity contribution is 7.14. The normalized spacial score (nSPS) is 25.6. The van der Waals surface area contributed by atoms with E-state index >= 15 is 19.2 Å². The Kier molecular flexibility index (Phi) is 19.3. The standard InChI is InChI=1S/C64H66N14O18S5/c1-27(80)43-55(85)73-44(28(2)90-6)58-68-37(24-99-58)54(84)74-47-49-50(96-41-17-64(4)51(29(3)95-41)75(5)26-94-64)63(88)92-18-30-8-7-9-39-42(30)32(19-91-49)48(78(39)89)62(87)93-20-33(65-52(82)35-23-100-60(47)69-35)57-66-34(21-98-57)45-31(56-67-36(22-97-56)53(83)72-43)16-40(81)46(71-45)59-70-38(25-101-59)61(86)77-12-10-76(11-13-77)14-15-79/h7-9,16,21-25,27,29,33,41,43,47,49-51,79-81,89H,10-15,17-20,26H2,1-6H3,(H,65,82)(H,72,83)(H,73,85)(H,74,84)/b44-28+. The average molecular weight is 1480 g/mol. The fraction of sp³-hybridized carbons (Fsp3) is 0.422. The molecule has 6 aliphatic heterocycles. The number of pyridine rings is 1. The summed E-state index contributed by atoms with van der Waals surface area (Å²) >= 11 is 4.80. The van der Waals surface area contributed by atoms with Crippen LogP contribution in [0, 0.1) is 0 Å². The second-order valence-electron chi connectivity index (χ2n) is 24.9. The summed E-state index contributed by atoms with van der Waals surface area (Å²) in [5, 5.41) is 63.9. The molecule has 7 aromatic heterocycles. The van der Waals surface area contributed by atoms with E-state index in [0.29, 0.717) is 43.0 Å². The SMILES string of the molecule is CO/C(C)=C1/NC(=O)C(C(C)O)NC(=O)c2csc(n2)-c2cc(O)c(-c3nc(C(=O)N4CCN(CCO)CC4)cs3)nc2-c2csc(n2)C2COC(=O)c3c4c5c(cccc5n3O)COC(=O)C(OC3CC5(C)OCN(C)C5C(C)O3)C(OC4)C(NC(=O)c3csc1n3)c1nc(cs1)C(=O)N2. The van der Waals surface area contributed by atoms with Crippen LogP contribution in [-0.4, -0.2) is 227 Å². The van der Waals surface area contributed by atoms with Crippen molar-refractivity contribution in [2.45, 2.75) is 108 Å². The van der Waals surface area contributed by atoms with Crippen LogP contribution in [0.2, 0.25) is 0 Å². The molecule has 1 aromatic carbocycles. The van der Waals surface area contributed by atoms with E-state index in [9.17, 15) is 34.9 Å². The molecule has 14 rings (SSSR count). The second kappa shape index (κ2) is 28.2. The number of esters is 2. The van der Waals surface area contributed by atoms with Gasteiger partial charge in [0.1, 0.15) is 120 Å². The van der Waals surface area contributed by atoms with E-state index in [2.05, 4.69) is 36.2 Å². The molecule has 6 aliphatic rings. The molecule has 0 saturated carbocycles. The van der Waals surface area contributed by atoms with Crippen LogP contribution in [0.15, 0.2) is 56.9 Å². The lowest BCUT2D eigenvalue weighted by atomic mass is 9.86. The van der Waals surface area contributed by atoms with E-state index in [4.69, 9.17) is 48.1 Å². The zero-order valence-electron chi connectivity index (χ0n) is 54.7. The number of ether oxygens (including phenoxy) is 7. The minimum absolute atomic E-state index is 0.0123. The number of aromatic nitrogens is 7. The first-order valence-corrected chi connectivity index (χ1v) is 36.2. The third-order valence-corrected chi connectivity index (χ3v) is 22.8. The summed E-state index contributed by atoms with van der Waals surface area (Å²) in [5.74, 6) is -6.38. The van der Waals surface area contributed by atoms with Crippen molar-refractivity contribution in [1.82, 2.24) is 70.6 Å². The zero-order valence-corrected chi connectivity index (χ0v) is 58.8. The monoisotopic (exact) mass is 1480 g/mol. The molecule has 10 unspecified atom stereocenters. The van der Waals surface area contributed by atoms with E-state index in [1.54, 1.807) is 27.8 Å². The molecule has 0 radical (unpaired) electrons. The number of amides is 5. The Morgan fingerprint density at radius 3 is 2.28 bits per heavy atom. The first-order valence-electron chi connectivity index (χ1n) is 31.8. The van der Waals surface area contributed by atoms with Crippen molar-refractivity contribution in [2.24, 2.45) is 0 Å². The number of thiazole rings is 5. The third-order valence-electron chi connectivity index (χ3n) is 18.3. The number of carbonyl (C=O) groups excluding carboxylic acids is 7. The lowest BCUT2D eigenvalue weighted by molar-refractivity contribution is -0.268. The summed E-state index contributed by atoms with van der Waals surface area (Å²) in [4.78, 5) is 138. The molecule has 10 atom stereocenters. The van der Waals surface area contributed by atoms with E-state index in [1.807, 2.05) is 30.7 Å². The summed E-state index contributed by atoms with van der Waals surface area (Å²) in [6, 6.07) is 1.30. The molecule has 101 heavy (non-hydrogen) atoms. The number of likely N-dealkylation sites (N-methyl/N-ethyl adjacent to an activating group) is 1. The molecule has 0 aliphatic carbocycles. The van der Waals surface area contributed by atoms with Crippen LogP contribution in [0.3, 0.4) is 0 Å². The number of aliphatic hydroxyl groups excluding tert-OH is 2. The van der Waals surface area contributed by atoms with Gasteiger partial charge < -0.3 is 79.9 Å². The number of benzene rings is 1. The molecule has 5 amide bonds. The zero-order chi connectivity index (χ0) is 70.9. The largest absolute Gasteiger partial charge is 0.506 e. The summed E-state index contributed by atoms with van der Waals surface area (Å²) in [5.41, 5.74) is -1.26. The van der Waals surface area contributed by atoms with Gasteiger partial charge in [-0.3, -0.25) is 33.8 Å². The maximum absolute atomic E-state index is 15.2. The van der Waals surface area contributed by atoms with Crippen LogP contribution >= 0.6 is 56.7 Å². The van der Waals surface area contributed by atoms with E-state index in [1.165, 1.54) is 49.2 Å². The molecule has 37 heteroatoms. The highest BCUT2D eigenvalue weighted by Crippen LogP contribution is 2.44. The fourth-order valence-corrected chi connectivity index (χ4v) is 17.4. The number of β-amino-alcohol motifs (C(OH)–C–C–N with tert-alkyl or cyclic N) is 1. The van der Waals surface area contributed by atoms with Gasteiger partial charge in [0.2, 0.25) is 5.91 Å². The molecule has 3 saturated heterocycles. The van der Waals surface area contributed by atoms with Crippen molar-refractivity contribution >= 4 is 115 Å². The quantitative estimate of drug-likeness (QED) is 0.0598. The van der Waals surface area contributed by atoms with Gasteiger partial charge in [-0.2, -0.15) is 4.73 Å². The Balaban J connectivity index is 0.920. The number of hydrogen-bond acceptors (Lipinski definition) is 31. The number of methoxy groups -OCH3 is 1. The molecule has 8 N–H and O–H groups in total. The minimum atomic E-state index is -1.83. The predicted octanol–water partition coefficient (Wildman–Crippen LogP) is 4.28. The number of nitrogens with one attached hydrogen (secondary N) is 4. The maximum Gasteiger partial charge on any atom is 0.358 e. The van der Waals surface area contributed by atoms with Gasteiger partial charge in [-0.25, -0.2) is 39.5 Å². The average Bonchev–Trinajstić information content (AvgIpc) is 1.68. The molecule has 0 spiro atoms. The molecule has 8 aromatic rings. The van der Waals surface area contributed by atoms with Crippen LogP contribution in [0.4, 0.5) is 0 Å². The topological polar surface area (TPSA) is 405 Å². The Bertz CT molecular complexity index is 4630. The first kappa shape index (κ1) is 69.3. The summed E-state index contributed by atoms with van der Waals surface area (Å²) in [7, 11) is 3.22. The van der Waals surface area contributed by atoms with E-state index < -0.39 is 121 Å². The number of nitrogens with zero attached hydrogens (tertiary/aromatic N) is 10. The number of allylic oxidation sites excluding steroid dienone is 1. The van der Waals surface area contributed by atoms with Crippen molar-refractivity contribution in [3.8, 4) is 38.4 Å². The van der Waals surface area contributed by atoms with Crippen LogP contribution in [0.1, 0.15) is 125 Å². The number of rotatable bonds is 8. The number of carbonyl (C=O) groups is 7. The first-order chi connectivity index (χ1) is 48.6. The van der Waals surface area contributed by atoms with E-state index in [0.717, 1.165) is 56.7 Å². The third kappa shape index (κ3) is 13.3. The lowest BCUT2D eigenvalue weighted by Crippen LogP contribution is -2.58. The maximum atomic E-state index is 15.2. The van der Waals surface area contributed by atoms with Crippen molar-refractivity contribution in [2.75, 3.05) is 66.8 Å². The van der Waals surface area contributed by atoms with Gasteiger partial charge in [-0.05, 0) is 52.4 Å². The Morgan fingerprint density at radius 2 is 1.51 bits per heavy atom. The number of piperazine rings is 1. The van der Waals surface area contributed by atoms with Gasteiger partial charge in [0.15, 0.2) is 18.1 Å². The van der Waals surface area contributed by atoms with Crippen molar-refractivity contribution in [1.29, 1.82) is 0 Å². The minimum Gasteiger partial charge on any atom is -0.506 e. The summed E-state index contributed by atoms with van der Waals surface area (Å²) in [6.07, 6.45) is -6.69. The number of aliphatic hydroxyl groups is 2. The molecule has 530 valence electrons. The predicted molar refractivity (Wildman–Crippen MR) is 361 cm³/mol. The Hall–Kier alpha value is -8.83. The Labute approximate surface area is 593 Å².